The van der Waals surface area contributed by atoms with Crippen molar-refractivity contribution in [1.82, 2.24) is 24.5 Å². The number of likely N-dealkylation sites (tertiary alicyclic amines) is 1. The van der Waals surface area contributed by atoms with E-state index >= 15 is 0 Å². The molecule has 0 spiro atoms. The molecule has 150 valence electrons. The summed E-state index contributed by atoms with van der Waals surface area (Å²) in [5.74, 6) is 1.90. The first-order valence-electron chi connectivity index (χ1n) is 9.43. The number of hydrogen-bond acceptors (Lipinski definition) is 8. The van der Waals surface area contributed by atoms with Gasteiger partial charge in [0, 0.05) is 56.6 Å². The van der Waals surface area contributed by atoms with Crippen molar-refractivity contribution in [2.75, 3.05) is 32.5 Å². The largest absolute Gasteiger partial charge is 0.485 e. The first-order valence-corrected chi connectivity index (χ1v) is 9.43. The number of allylic oxidation sites excluding steroid dienone is 1. The summed E-state index contributed by atoms with van der Waals surface area (Å²) in [7, 11) is 3.83. The van der Waals surface area contributed by atoms with Gasteiger partial charge in [-0.1, -0.05) is 0 Å². The maximum absolute atomic E-state index is 6.15. The molecule has 0 amide bonds. The lowest BCUT2D eigenvalue weighted by Crippen LogP contribution is -2.22. The predicted octanol–water partition coefficient (Wildman–Crippen LogP) is 1.81. The molecule has 0 radical (unpaired) electrons. The molecule has 0 aliphatic carbocycles. The quantitative estimate of drug-likeness (QED) is 0.487. The average Bonchev–Trinajstić information content (AvgIpc) is 3.33. The first-order chi connectivity index (χ1) is 14.2. The number of fused-ring (bicyclic) bond motifs is 1. The van der Waals surface area contributed by atoms with Crippen molar-refractivity contribution < 1.29 is 4.74 Å². The van der Waals surface area contributed by atoms with Crippen LogP contribution >= 0.6 is 0 Å². The highest BCUT2D eigenvalue weighted by atomic mass is 16.5. The summed E-state index contributed by atoms with van der Waals surface area (Å²) in [6.45, 7) is 1.90. The minimum Gasteiger partial charge on any atom is -0.485 e. The molecule has 4 rings (SSSR count). The van der Waals surface area contributed by atoms with Gasteiger partial charge in [-0.25, -0.2) is 9.50 Å². The summed E-state index contributed by atoms with van der Waals surface area (Å²) in [6.07, 6.45) is 9.37. The van der Waals surface area contributed by atoms with Gasteiger partial charge in [0.15, 0.2) is 11.6 Å². The lowest BCUT2D eigenvalue weighted by atomic mass is 10.1. The van der Waals surface area contributed by atoms with Crippen molar-refractivity contribution in [1.29, 1.82) is 0 Å². The van der Waals surface area contributed by atoms with Crippen LogP contribution in [-0.2, 0) is 4.74 Å². The molecule has 1 aliphatic rings. The smallest absolute Gasteiger partial charge is 0.160 e. The van der Waals surface area contributed by atoms with Crippen molar-refractivity contribution in [2.24, 2.45) is 10.7 Å². The Balaban J connectivity index is 1.57. The van der Waals surface area contributed by atoms with E-state index in [0.717, 1.165) is 30.6 Å². The van der Waals surface area contributed by atoms with Gasteiger partial charge < -0.3 is 20.7 Å². The second-order valence-corrected chi connectivity index (χ2v) is 6.92. The van der Waals surface area contributed by atoms with Gasteiger partial charge >= 0.3 is 0 Å². The second-order valence-electron chi connectivity index (χ2n) is 6.92. The molecule has 4 heterocycles. The third kappa shape index (κ3) is 4.19. The SMILES string of the molecule is CN=C(/C(=C\N)O[C@H]1CCN(C)C1)c1ccn2nc(Nc3cnccn3)cc2c1. The van der Waals surface area contributed by atoms with Crippen LogP contribution in [0.15, 0.2) is 59.9 Å². The van der Waals surface area contributed by atoms with Crippen LogP contribution in [0.2, 0.25) is 0 Å². The van der Waals surface area contributed by atoms with Crippen molar-refractivity contribution in [2.45, 2.75) is 12.5 Å². The van der Waals surface area contributed by atoms with E-state index in [4.69, 9.17) is 10.5 Å². The van der Waals surface area contributed by atoms with E-state index in [9.17, 15) is 0 Å². The Morgan fingerprint density at radius 2 is 2.24 bits per heavy atom. The fourth-order valence-corrected chi connectivity index (χ4v) is 3.42. The zero-order chi connectivity index (χ0) is 20.2. The molecule has 0 bridgehead atoms. The van der Waals surface area contributed by atoms with Crippen LogP contribution in [0.5, 0.6) is 0 Å². The number of aliphatic imine (C=N–C) groups is 1. The minimum atomic E-state index is 0.119. The topological polar surface area (TPSA) is 106 Å². The molecule has 29 heavy (non-hydrogen) atoms. The van der Waals surface area contributed by atoms with E-state index in [1.165, 1.54) is 6.20 Å². The standard InChI is InChI=1S/C20H24N8O/c1-22-20(17(11-21)29-16-4-7-27(2)13-16)14-3-8-28-15(9-14)10-18(26-28)25-19-12-23-5-6-24-19/h3,5-6,8-12,16H,4,7,13,21H2,1-2H3,(H,24,25,26)/b17-11+,22-20?/t16-/m0/s1. The highest BCUT2D eigenvalue weighted by molar-refractivity contribution is 6.11. The number of nitrogens with two attached hydrogens (primary N) is 1. The summed E-state index contributed by atoms with van der Waals surface area (Å²) < 4.78 is 7.93. The van der Waals surface area contributed by atoms with Crippen LogP contribution in [0.3, 0.4) is 0 Å². The van der Waals surface area contributed by atoms with Crippen molar-refractivity contribution in [3.8, 4) is 0 Å². The highest BCUT2D eigenvalue weighted by Crippen LogP contribution is 2.21. The van der Waals surface area contributed by atoms with E-state index in [1.807, 2.05) is 24.4 Å². The number of ether oxygens (including phenoxy) is 1. The predicted molar refractivity (Wildman–Crippen MR) is 112 cm³/mol. The molecule has 1 saturated heterocycles. The van der Waals surface area contributed by atoms with Gasteiger partial charge in [-0.15, -0.1) is 0 Å². The fraction of sp³-hybridized carbons (Fsp3) is 0.300. The van der Waals surface area contributed by atoms with Gasteiger partial charge in [0.1, 0.15) is 17.6 Å². The average molecular weight is 392 g/mol. The zero-order valence-corrected chi connectivity index (χ0v) is 16.5. The second kappa shape index (κ2) is 8.27. The maximum atomic E-state index is 6.15. The zero-order valence-electron chi connectivity index (χ0n) is 16.5. The van der Waals surface area contributed by atoms with Gasteiger partial charge in [0.2, 0.25) is 0 Å². The van der Waals surface area contributed by atoms with Crippen LogP contribution in [0, 0.1) is 0 Å². The molecule has 3 N–H and O–H groups in total. The summed E-state index contributed by atoms with van der Waals surface area (Å²) in [5, 5.41) is 7.66. The first kappa shape index (κ1) is 18.9. The monoisotopic (exact) mass is 392 g/mol. The van der Waals surface area contributed by atoms with E-state index in [1.54, 1.807) is 30.2 Å². The number of nitrogens with zero attached hydrogens (tertiary/aromatic N) is 6. The van der Waals surface area contributed by atoms with Gasteiger partial charge in [-0.3, -0.25) is 9.98 Å². The van der Waals surface area contributed by atoms with Crippen LogP contribution in [0.1, 0.15) is 12.0 Å². The Bertz CT molecular complexity index is 1040. The van der Waals surface area contributed by atoms with Crippen LogP contribution in [-0.4, -0.2) is 63.5 Å². The van der Waals surface area contributed by atoms with E-state index < -0.39 is 0 Å². The summed E-state index contributed by atoms with van der Waals surface area (Å²) in [4.78, 5) is 14.9. The normalized spacial score (nSPS) is 18.3. The number of nitrogens with one attached hydrogen (secondary N) is 1. The third-order valence-electron chi connectivity index (χ3n) is 4.81. The summed E-state index contributed by atoms with van der Waals surface area (Å²) in [6, 6.07) is 5.89. The number of hydrogen-bond donors (Lipinski definition) is 2. The molecule has 3 aromatic heterocycles. The van der Waals surface area contributed by atoms with E-state index in [2.05, 4.69) is 37.3 Å². The summed E-state index contributed by atoms with van der Waals surface area (Å²) in [5.41, 5.74) is 8.42. The maximum Gasteiger partial charge on any atom is 0.160 e. The molecule has 0 aromatic carbocycles. The summed E-state index contributed by atoms with van der Waals surface area (Å²) >= 11 is 0. The van der Waals surface area contributed by atoms with Crippen molar-refractivity contribution in [3.05, 3.63) is 60.5 Å². The third-order valence-corrected chi connectivity index (χ3v) is 4.81. The number of likely N-dealkylation sites (N-methyl/N-ethyl adjacent to an activating group) is 1. The molecule has 3 aromatic rings. The number of pyridine rings is 1. The molecule has 0 saturated carbocycles. The molecule has 1 aliphatic heterocycles. The number of anilines is 2. The van der Waals surface area contributed by atoms with Crippen molar-refractivity contribution >= 4 is 22.9 Å². The Morgan fingerprint density at radius 3 is 2.93 bits per heavy atom. The van der Waals surface area contributed by atoms with Crippen molar-refractivity contribution in [3.63, 3.8) is 0 Å². The molecular formula is C20H24N8O. The van der Waals surface area contributed by atoms with Gasteiger partial charge in [0.05, 0.1) is 11.7 Å². The molecular weight excluding hydrogens is 368 g/mol. The van der Waals surface area contributed by atoms with E-state index in [-0.39, 0.29) is 6.10 Å². The molecule has 0 unspecified atom stereocenters. The molecule has 1 atom stereocenters. The highest BCUT2D eigenvalue weighted by Gasteiger charge is 2.23. The Morgan fingerprint density at radius 1 is 1.34 bits per heavy atom. The van der Waals surface area contributed by atoms with Crippen LogP contribution in [0.4, 0.5) is 11.6 Å². The molecule has 1 fully saturated rings. The number of aromatic nitrogens is 4. The van der Waals surface area contributed by atoms with Crippen LogP contribution in [0.25, 0.3) is 5.52 Å². The molecule has 9 heteroatoms. The minimum absolute atomic E-state index is 0.119. The van der Waals surface area contributed by atoms with Crippen LogP contribution < -0.4 is 11.1 Å². The fourth-order valence-electron chi connectivity index (χ4n) is 3.42. The number of rotatable bonds is 6. The van der Waals surface area contributed by atoms with Gasteiger partial charge in [-0.2, -0.15) is 5.10 Å². The van der Waals surface area contributed by atoms with E-state index in [0.29, 0.717) is 23.1 Å². The Kier molecular flexibility index (Phi) is 5.39. The Labute approximate surface area is 168 Å². The lowest BCUT2D eigenvalue weighted by Gasteiger charge is -2.18. The molecule has 9 nitrogen and oxygen atoms in total. The van der Waals surface area contributed by atoms with Gasteiger partial charge in [0.25, 0.3) is 0 Å². The lowest BCUT2D eigenvalue weighted by molar-refractivity contribution is 0.137. The Hall–Kier alpha value is -3.46. The van der Waals surface area contributed by atoms with Gasteiger partial charge in [-0.05, 0) is 25.6 Å².